The van der Waals surface area contributed by atoms with Gasteiger partial charge in [0.2, 0.25) is 0 Å². The highest BCUT2D eigenvalue weighted by molar-refractivity contribution is 6.80. The zero-order valence-electron chi connectivity index (χ0n) is 18.5. The fraction of sp³-hybridized carbons (Fsp3) is 0.423. The summed E-state index contributed by atoms with van der Waals surface area (Å²) in [6, 6.07) is 20.6. The van der Waals surface area contributed by atoms with Gasteiger partial charge in [0.1, 0.15) is 6.29 Å². The van der Waals surface area contributed by atoms with Crippen molar-refractivity contribution in [3.8, 4) is 0 Å². The maximum absolute atomic E-state index is 11.4. The van der Waals surface area contributed by atoms with Gasteiger partial charge in [-0.25, -0.2) is 0 Å². The Labute approximate surface area is 188 Å². The minimum absolute atomic E-state index is 0.0459. The summed E-state index contributed by atoms with van der Waals surface area (Å²) in [4.78, 5) is 11.4. The highest BCUT2D eigenvalue weighted by atomic mass is 28.3. The van der Waals surface area contributed by atoms with Crippen LogP contribution >= 0.6 is 0 Å². The lowest BCUT2D eigenvalue weighted by molar-refractivity contribution is -0.175. The van der Waals surface area contributed by atoms with Crippen LogP contribution in [-0.2, 0) is 18.7 Å². The zero-order valence-corrected chi connectivity index (χ0v) is 19.5. The Kier molecular flexibility index (Phi) is 9.68. The van der Waals surface area contributed by atoms with Gasteiger partial charge in [-0.1, -0.05) is 79.7 Å². The predicted octanol–water partition coefficient (Wildman–Crippen LogP) is 3.89. The third-order valence-electron chi connectivity index (χ3n) is 5.45. The summed E-state index contributed by atoms with van der Waals surface area (Å²) < 4.78 is 18.3. The quantitative estimate of drug-likeness (QED) is 0.304. The number of hydrogen-bond acceptors (Lipinski definition) is 4. The minimum Gasteiger partial charge on any atom is -0.403 e. The van der Waals surface area contributed by atoms with E-state index in [1.54, 1.807) is 0 Å². The van der Waals surface area contributed by atoms with Crippen molar-refractivity contribution in [2.24, 2.45) is 5.92 Å². The summed E-state index contributed by atoms with van der Waals surface area (Å²) in [5.41, 5.74) is 0. The summed E-state index contributed by atoms with van der Waals surface area (Å²) >= 11 is 0. The largest absolute Gasteiger partial charge is 0.403 e. The van der Waals surface area contributed by atoms with E-state index in [2.05, 4.69) is 43.3 Å². The van der Waals surface area contributed by atoms with E-state index in [4.69, 9.17) is 13.9 Å². The second kappa shape index (κ2) is 12.7. The molecule has 1 heterocycles. The number of hydrogen-bond donors (Lipinski definition) is 0. The van der Waals surface area contributed by atoms with Crippen LogP contribution in [0.4, 0.5) is 0 Å². The molecule has 31 heavy (non-hydrogen) atoms. The van der Waals surface area contributed by atoms with Gasteiger partial charge in [-0.15, -0.1) is 0 Å². The molecular formula is C26H33O4Si. The van der Waals surface area contributed by atoms with Gasteiger partial charge in [0.15, 0.2) is 6.29 Å². The molecule has 1 aliphatic heterocycles. The van der Waals surface area contributed by atoms with E-state index in [0.717, 1.165) is 32.2 Å². The van der Waals surface area contributed by atoms with E-state index in [1.807, 2.05) is 43.3 Å². The molecule has 165 valence electrons. The minimum atomic E-state index is -1.47. The fourth-order valence-corrected chi connectivity index (χ4v) is 5.87. The smallest absolute Gasteiger partial charge is 0.283 e. The molecule has 2 aromatic rings. The van der Waals surface area contributed by atoms with Crippen LogP contribution in [-0.4, -0.2) is 40.4 Å². The molecule has 4 nitrogen and oxygen atoms in total. The van der Waals surface area contributed by atoms with E-state index >= 15 is 0 Å². The highest BCUT2D eigenvalue weighted by Crippen LogP contribution is 2.18. The van der Waals surface area contributed by atoms with Crippen LogP contribution in [0.5, 0.6) is 0 Å². The van der Waals surface area contributed by atoms with Gasteiger partial charge in [-0.3, -0.25) is 0 Å². The van der Waals surface area contributed by atoms with Gasteiger partial charge < -0.3 is 18.7 Å². The molecule has 1 fully saturated rings. The lowest BCUT2D eigenvalue weighted by Gasteiger charge is -2.27. The molecule has 2 aromatic carbocycles. The number of benzene rings is 2. The zero-order chi connectivity index (χ0) is 21.9. The fourth-order valence-electron chi connectivity index (χ4n) is 3.66. The summed E-state index contributed by atoms with van der Waals surface area (Å²) in [7, 11) is -1.47. The van der Waals surface area contributed by atoms with E-state index in [9.17, 15) is 4.79 Å². The molecule has 0 bridgehead atoms. The summed E-state index contributed by atoms with van der Waals surface area (Å²) in [6.07, 6.45) is 8.34. The Morgan fingerprint density at radius 2 is 1.65 bits per heavy atom. The van der Waals surface area contributed by atoms with Crippen LogP contribution in [0.3, 0.4) is 0 Å². The number of aldehydes is 1. The molecule has 5 heteroatoms. The van der Waals surface area contributed by atoms with Crippen LogP contribution in [0.1, 0.15) is 39.5 Å². The summed E-state index contributed by atoms with van der Waals surface area (Å²) in [6.45, 7) is 4.90. The maximum atomic E-state index is 11.4. The number of rotatable bonds is 11. The molecule has 0 amide bonds. The molecular weight excluding hydrogens is 404 g/mol. The first-order valence-corrected chi connectivity index (χ1v) is 12.6. The Balaban J connectivity index is 1.69. The molecule has 0 N–H and O–H groups in total. The van der Waals surface area contributed by atoms with Crippen LogP contribution in [0.25, 0.3) is 0 Å². The molecule has 1 radical (unpaired) electrons. The lowest BCUT2D eigenvalue weighted by atomic mass is 10.0. The normalized spacial score (nSPS) is 19.9. The van der Waals surface area contributed by atoms with Crippen molar-refractivity contribution >= 4 is 25.7 Å². The molecule has 0 aliphatic carbocycles. The number of carbonyl (C=O) groups is 1. The molecule has 0 spiro atoms. The average molecular weight is 438 g/mol. The Morgan fingerprint density at radius 3 is 2.19 bits per heavy atom. The van der Waals surface area contributed by atoms with E-state index < -0.39 is 9.04 Å². The van der Waals surface area contributed by atoms with E-state index in [0.29, 0.717) is 6.42 Å². The van der Waals surface area contributed by atoms with Crippen LogP contribution in [0.2, 0.25) is 0 Å². The van der Waals surface area contributed by atoms with Crippen LogP contribution in [0.15, 0.2) is 72.8 Å². The van der Waals surface area contributed by atoms with Crippen molar-refractivity contribution in [2.75, 3.05) is 6.61 Å². The molecule has 0 aromatic heterocycles. The van der Waals surface area contributed by atoms with Gasteiger partial charge in [0.05, 0.1) is 12.2 Å². The van der Waals surface area contributed by atoms with Gasteiger partial charge in [-0.05, 0) is 42.5 Å². The third-order valence-corrected chi connectivity index (χ3v) is 7.70. The van der Waals surface area contributed by atoms with Gasteiger partial charge in [-0.2, -0.15) is 0 Å². The van der Waals surface area contributed by atoms with Crippen molar-refractivity contribution < 1.29 is 18.7 Å². The predicted molar refractivity (Wildman–Crippen MR) is 126 cm³/mol. The Hall–Kier alpha value is -2.05. The number of carbonyl (C=O) groups excluding carboxylic acids is 1. The average Bonchev–Trinajstić information content (AvgIpc) is 2.82. The first-order valence-electron chi connectivity index (χ1n) is 11.2. The van der Waals surface area contributed by atoms with Crippen LogP contribution < -0.4 is 10.4 Å². The first-order chi connectivity index (χ1) is 15.2. The Morgan fingerprint density at radius 1 is 1.00 bits per heavy atom. The molecule has 4 atom stereocenters. The molecule has 0 saturated carbocycles. The Bertz CT molecular complexity index is 750. The van der Waals surface area contributed by atoms with Crippen molar-refractivity contribution in [3.63, 3.8) is 0 Å². The van der Waals surface area contributed by atoms with Gasteiger partial charge >= 0.3 is 0 Å². The lowest BCUT2D eigenvalue weighted by Crippen LogP contribution is -2.48. The second-order valence-electron chi connectivity index (χ2n) is 8.00. The monoisotopic (exact) mass is 437 g/mol. The SMILES string of the molecule is C[C@H](/C=C/[C@H](C)OC1CCCCO1)[C@@H](CC=O)O[Si](c1ccccc1)c1ccccc1. The van der Waals surface area contributed by atoms with Gasteiger partial charge in [0, 0.05) is 13.0 Å². The van der Waals surface area contributed by atoms with Crippen LogP contribution in [0, 0.1) is 5.92 Å². The van der Waals surface area contributed by atoms with Crippen molar-refractivity contribution in [1.82, 2.24) is 0 Å². The number of ether oxygens (including phenoxy) is 2. The molecule has 3 rings (SSSR count). The highest BCUT2D eigenvalue weighted by Gasteiger charge is 2.26. The first kappa shape index (κ1) is 23.6. The van der Waals surface area contributed by atoms with Crippen molar-refractivity contribution in [1.29, 1.82) is 0 Å². The van der Waals surface area contributed by atoms with E-state index in [1.165, 1.54) is 10.4 Å². The van der Waals surface area contributed by atoms with Crippen molar-refractivity contribution in [2.45, 2.75) is 58.0 Å². The summed E-state index contributed by atoms with van der Waals surface area (Å²) in [5.74, 6) is 0.0796. The molecule has 1 aliphatic rings. The molecule has 1 saturated heterocycles. The van der Waals surface area contributed by atoms with E-state index in [-0.39, 0.29) is 24.4 Å². The third kappa shape index (κ3) is 7.54. The van der Waals surface area contributed by atoms with Crippen molar-refractivity contribution in [3.05, 3.63) is 72.8 Å². The molecule has 1 unspecified atom stereocenters. The maximum Gasteiger partial charge on any atom is 0.283 e. The topological polar surface area (TPSA) is 44.8 Å². The second-order valence-corrected chi connectivity index (χ2v) is 10.0. The summed E-state index contributed by atoms with van der Waals surface area (Å²) in [5, 5.41) is 2.36. The standard InChI is InChI=1S/C26H33O4Si/c1-21(16-17-22(2)29-26-15-9-10-20-28-26)25(18-19-27)30-31(23-11-5-3-6-12-23)24-13-7-4-8-14-24/h3-8,11-14,16-17,19,21-22,25-26H,9-10,15,18,20H2,1-2H3/b17-16+/t21-,22+,25-,26?/m1/s1. The van der Waals surface area contributed by atoms with Gasteiger partial charge in [0.25, 0.3) is 9.04 Å².